The number of carbonyl (C=O) groups excluding carboxylic acids is 1. The Morgan fingerprint density at radius 3 is 2.90 bits per heavy atom. The molecule has 6 nitrogen and oxygen atoms in total. The fourth-order valence-electron chi connectivity index (χ4n) is 3.32. The number of hydrogen-bond donors (Lipinski definition) is 0. The predicted molar refractivity (Wildman–Crippen MR) is 121 cm³/mol. The molecule has 4 rings (SSSR count). The van der Waals surface area contributed by atoms with E-state index in [9.17, 15) is 4.79 Å². The van der Waals surface area contributed by atoms with Gasteiger partial charge in [-0.15, -0.1) is 0 Å². The van der Waals surface area contributed by atoms with E-state index in [1.165, 1.54) is 5.56 Å². The van der Waals surface area contributed by atoms with Crippen molar-refractivity contribution in [1.82, 2.24) is 14.5 Å². The summed E-state index contributed by atoms with van der Waals surface area (Å²) in [6, 6.07) is 13.6. The maximum Gasteiger partial charge on any atom is 0.260 e. The maximum absolute atomic E-state index is 13.4. The van der Waals surface area contributed by atoms with E-state index in [-0.39, 0.29) is 5.91 Å². The van der Waals surface area contributed by atoms with Crippen LogP contribution < -0.4 is 9.64 Å². The number of methoxy groups -OCH3 is 1. The molecular formula is C23H24N4O2S. The van der Waals surface area contributed by atoms with Crippen molar-refractivity contribution in [3.05, 3.63) is 72.3 Å². The minimum absolute atomic E-state index is 0.0747. The van der Waals surface area contributed by atoms with E-state index in [1.54, 1.807) is 41.9 Å². The number of imidazole rings is 1. The average molecular weight is 421 g/mol. The lowest BCUT2D eigenvalue weighted by atomic mass is 10.2. The number of benzene rings is 2. The third-order valence-electron chi connectivity index (χ3n) is 5.00. The molecule has 0 saturated carbocycles. The van der Waals surface area contributed by atoms with Crippen molar-refractivity contribution >= 4 is 32.6 Å². The number of amides is 1. The van der Waals surface area contributed by atoms with Gasteiger partial charge in [0.15, 0.2) is 5.13 Å². The number of carbonyl (C=O) groups is 1. The Morgan fingerprint density at radius 1 is 1.23 bits per heavy atom. The third kappa shape index (κ3) is 4.36. The second kappa shape index (κ2) is 9.09. The fourth-order valence-corrected chi connectivity index (χ4v) is 4.37. The molecule has 2 aromatic heterocycles. The van der Waals surface area contributed by atoms with Crippen LogP contribution in [0.1, 0.15) is 29.3 Å². The van der Waals surface area contributed by atoms with Crippen molar-refractivity contribution in [2.24, 2.45) is 0 Å². The molecule has 0 N–H and O–H groups in total. The van der Waals surface area contributed by atoms with Gasteiger partial charge in [-0.25, -0.2) is 9.97 Å². The second-order valence-electron chi connectivity index (χ2n) is 6.99. The van der Waals surface area contributed by atoms with Crippen molar-refractivity contribution < 1.29 is 9.53 Å². The van der Waals surface area contributed by atoms with Crippen LogP contribution in [0, 0.1) is 0 Å². The Labute approximate surface area is 179 Å². The molecule has 2 heterocycles. The van der Waals surface area contributed by atoms with Gasteiger partial charge in [-0.1, -0.05) is 30.4 Å². The zero-order valence-electron chi connectivity index (χ0n) is 17.1. The van der Waals surface area contributed by atoms with E-state index in [2.05, 4.69) is 24.0 Å². The molecule has 7 heteroatoms. The first-order valence-corrected chi connectivity index (χ1v) is 10.8. The van der Waals surface area contributed by atoms with Crippen LogP contribution in [0.4, 0.5) is 5.13 Å². The minimum atomic E-state index is -0.0747. The number of aryl methyl sites for hydroxylation is 2. The normalized spacial score (nSPS) is 11.0. The lowest BCUT2D eigenvalue weighted by Gasteiger charge is -2.20. The third-order valence-corrected chi connectivity index (χ3v) is 6.04. The van der Waals surface area contributed by atoms with Gasteiger partial charge in [-0.2, -0.15) is 0 Å². The largest absolute Gasteiger partial charge is 0.497 e. The van der Waals surface area contributed by atoms with Crippen LogP contribution in [0.5, 0.6) is 5.75 Å². The zero-order chi connectivity index (χ0) is 20.9. The first-order chi connectivity index (χ1) is 14.7. The van der Waals surface area contributed by atoms with Crippen molar-refractivity contribution in [1.29, 1.82) is 0 Å². The topological polar surface area (TPSA) is 60.2 Å². The molecule has 2 aromatic carbocycles. The first kappa shape index (κ1) is 20.1. The first-order valence-electron chi connectivity index (χ1n) is 9.99. The number of fused-ring (bicyclic) bond motifs is 1. The van der Waals surface area contributed by atoms with E-state index < -0.39 is 0 Å². The summed E-state index contributed by atoms with van der Waals surface area (Å²) in [5, 5.41) is 0.719. The van der Waals surface area contributed by atoms with Gasteiger partial charge in [0, 0.05) is 31.0 Å². The summed E-state index contributed by atoms with van der Waals surface area (Å²) in [6.45, 7) is 3.49. The highest BCUT2D eigenvalue weighted by Gasteiger charge is 2.21. The van der Waals surface area contributed by atoms with Gasteiger partial charge in [0.05, 0.1) is 23.7 Å². The van der Waals surface area contributed by atoms with Gasteiger partial charge in [0.25, 0.3) is 5.91 Å². The van der Waals surface area contributed by atoms with E-state index >= 15 is 0 Å². The molecular weight excluding hydrogens is 396 g/mol. The Bertz CT molecular complexity index is 1140. The number of ether oxygens (including phenoxy) is 1. The van der Waals surface area contributed by atoms with Crippen LogP contribution in [0.15, 0.2) is 61.2 Å². The Kier molecular flexibility index (Phi) is 6.09. The van der Waals surface area contributed by atoms with Crippen molar-refractivity contribution in [3.63, 3.8) is 0 Å². The van der Waals surface area contributed by atoms with Crippen LogP contribution in [0.3, 0.4) is 0 Å². The van der Waals surface area contributed by atoms with Crippen LogP contribution in [0.2, 0.25) is 0 Å². The van der Waals surface area contributed by atoms with Gasteiger partial charge in [0.2, 0.25) is 0 Å². The van der Waals surface area contributed by atoms with Crippen LogP contribution in [-0.4, -0.2) is 34.1 Å². The quantitative estimate of drug-likeness (QED) is 0.411. The molecule has 0 unspecified atom stereocenters. The lowest BCUT2D eigenvalue weighted by Crippen LogP contribution is -2.32. The van der Waals surface area contributed by atoms with Gasteiger partial charge >= 0.3 is 0 Å². The molecule has 0 aliphatic carbocycles. The van der Waals surface area contributed by atoms with Crippen molar-refractivity contribution in [3.8, 4) is 5.75 Å². The Morgan fingerprint density at radius 2 is 2.13 bits per heavy atom. The molecule has 0 spiro atoms. The molecule has 0 fully saturated rings. The number of rotatable bonds is 8. The van der Waals surface area contributed by atoms with Crippen molar-refractivity contribution in [2.75, 3.05) is 18.6 Å². The lowest BCUT2D eigenvalue weighted by molar-refractivity contribution is 0.0986. The summed E-state index contributed by atoms with van der Waals surface area (Å²) in [6.07, 6.45) is 7.25. The zero-order valence-corrected chi connectivity index (χ0v) is 17.9. The molecule has 0 aliphatic heterocycles. The van der Waals surface area contributed by atoms with Gasteiger partial charge < -0.3 is 9.30 Å². The van der Waals surface area contributed by atoms with E-state index in [0.29, 0.717) is 17.9 Å². The molecule has 4 aromatic rings. The van der Waals surface area contributed by atoms with Crippen LogP contribution in [0.25, 0.3) is 10.2 Å². The number of nitrogens with zero attached hydrogens (tertiary/aromatic N) is 4. The minimum Gasteiger partial charge on any atom is -0.497 e. The maximum atomic E-state index is 13.4. The van der Waals surface area contributed by atoms with Crippen molar-refractivity contribution in [2.45, 2.75) is 26.3 Å². The summed E-state index contributed by atoms with van der Waals surface area (Å²) in [7, 11) is 1.60. The smallest absolute Gasteiger partial charge is 0.260 e. The predicted octanol–water partition coefficient (Wildman–Crippen LogP) is 4.80. The molecule has 0 bridgehead atoms. The molecule has 0 radical (unpaired) electrons. The monoisotopic (exact) mass is 420 g/mol. The van der Waals surface area contributed by atoms with Gasteiger partial charge in [-0.05, 0) is 48.7 Å². The van der Waals surface area contributed by atoms with E-state index in [1.807, 2.05) is 35.0 Å². The van der Waals surface area contributed by atoms with Crippen LogP contribution >= 0.6 is 11.3 Å². The SMILES string of the molecule is CCc1ccc2nc(N(CCCn3ccnc3)C(=O)c3cccc(OC)c3)sc2c1. The van der Waals surface area contributed by atoms with Crippen LogP contribution in [-0.2, 0) is 13.0 Å². The summed E-state index contributed by atoms with van der Waals surface area (Å²) < 4.78 is 8.41. The van der Waals surface area contributed by atoms with E-state index in [0.717, 1.165) is 34.7 Å². The average Bonchev–Trinajstić information content (AvgIpc) is 3.45. The Hall–Kier alpha value is -3.19. The summed E-state index contributed by atoms with van der Waals surface area (Å²) in [4.78, 5) is 24.1. The highest BCUT2D eigenvalue weighted by atomic mass is 32.1. The summed E-state index contributed by atoms with van der Waals surface area (Å²) in [5.74, 6) is 0.588. The molecule has 0 saturated heterocycles. The van der Waals surface area contributed by atoms with Gasteiger partial charge in [0.1, 0.15) is 5.75 Å². The molecule has 0 aliphatic rings. The number of thiazole rings is 1. The van der Waals surface area contributed by atoms with Gasteiger partial charge in [-0.3, -0.25) is 9.69 Å². The summed E-state index contributed by atoms with van der Waals surface area (Å²) in [5.41, 5.74) is 2.78. The molecule has 0 atom stereocenters. The standard InChI is InChI=1S/C23H24N4O2S/c1-3-17-8-9-20-21(14-17)30-23(25-20)27(12-5-11-26-13-10-24-16-26)22(28)18-6-4-7-19(15-18)29-2/h4,6-10,13-16H,3,5,11-12H2,1-2H3. The molecule has 1 amide bonds. The molecule has 30 heavy (non-hydrogen) atoms. The number of aromatic nitrogens is 3. The highest BCUT2D eigenvalue weighted by Crippen LogP contribution is 2.31. The van der Waals surface area contributed by atoms with E-state index in [4.69, 9.17) is 9.72 Å². The highest BCUT2D eigenvalue weighted by molar-refractivity contribution is 7.22. The summed E-state index contributed by atoms with van der Waals surface area (Å²) >= 11 is 1.56. The Balaban J connectivity index is 1.64. The fraction of sp³-hybridized carbons (Fsp3) is 0.261. The number of anilines is 1. The second-order valence-corrected chi connectivity index (χ2v) is 8.00. The number of hydrogen-bond acceptors (Lipinski definition) is 5. The molecule has 154 valence electrons.